The summed E-state index contributed by atoms with van der Waals surface area (Å²) in [6.45, 7) is 5.26. The number of anilines is 2. The number of halogens is 3. The van der Waals surface area contributed by atoms with Crippen LogP contribution in [0, 0.1) is 11.3 Å². The molecule has 2 fully saturated rings. The Morgan fingerprint density at radius 3 is 2.40 bits per heavy atom. The maximum absolute atomic E-state index is 13.5. The number of nitriles is 1. The van der Waals surface area contributed by atoms with Crippen molar-refractivity contribution in [1.29, 1.82) is 5.26 Å². The lowest BCUT2D eigenvalue weighted by atomic mass is 9.95. The summed E-state index contributed by atoms with van der Waals surface area (Å²) in [7, 11) is 0. The zero-order chi connectivity index (χ0) is 25.6. The van der Waals surface area contributed by atoms with Gasteiger partial charge in [0.05, 0.1) is 23.6 Å². The lowest BCUT2D eigenvalue weighted by Crippen LogP contribution is -2.43. The minimum atomic E-state index is -4.34. The highest BCUT2D eigenvalue weighted by Gasteiger charge is 2.64. The Labute approximate surface area is 201 Å². The van der Waals surface area contributed by atoms with Crippen molar-refractivity contribution in [3.63, 3.8) is 0 Å². The van der Waals surface area contributed by atoms with Gasteiger partial charge < -0.3 is 10.2 Å². The zero-order valence-electron chi connectivity index (χ0n) is 19.7. The van der Waals surface area contributed by atoms with Gasteiger partial charge in [0, 0.05) is 18.8 Å². The molecular weight excluding hydrogens is 459 g/mol. The molecule has 1 saturated carbocycles. The number of hydrogen-bond donors (Lipinski definition) is 1. The lowest BCUT2D eigenvalue weighted by Gasteiger charge is -2.27. The third-order valence-electron chi connectivity index (χ3n) is 6.75. The number of hydrogen-bond acceptors (Lipinski definition) is 5. The number of nitrogens with one attached hydrogen (secondary N) is 1. The Hall–Kier alpha value is -3.61. The fraction of sp³-hybridized carbons (Fsp3) is 0.440. The van der Waals surface area contributed by atoms with Gasteiger partial charge in [0.15, 0.2) is 0 Å². The van der Waals surface area contributed by atoms with E-state index in [1.165, 1.54) is 29.2 Å². The maximum Gasteiger partial charge on any atom is 0.398 e. The van der Waals surface area contributed by atoms with Gasteiger partial charge in [0.1, 0.15) is 11.4 Å². The standard InChI is InChI=1S/C25H26F3N5O2/c1-16(8-12-29)31-20-14-17(9-13-30-20)15-32-22(35)33(21(34)23(32,2)3)19-6-4-18(5-7-19)24(10-11-24)25(26,27)28/h4-7,9,13-14,16H,8,10-11,15H2,1-3H3,(H,30,31)/t16-/m0/s1. The van der Waals surface area contributed by atoms with Crippen LogP contribution in [0.3, 0.4) is 0 Å². The van der Waals surface area contributed by atoms with Crippen LogP contribution in [0.1, 0.15) is 51.2 Å². The lowest BCUT2D eigenvalue weighted by molar-refractivity contribution is -0.160. The second-order valence-corrected chi connectivity index (χ2v) is 9.65. The molecule has 1 aliphatic heterocycles. The summed E-state index contributed by atoms with van der Waals surface area (Å²) < 4.78 is 40.4. The molecule has 2 aromatic rings. The van der Waals surface area contributed by atoms with Gasteiger partial charge in [-0.25, -0.2) is 14.7 Å². The minimum absolute atomic E-state index is 0.0380. The van der Waals surface area contributed by atoms with Gasteiger partial charge in [-0.05, 0) is 69.0 Å². The van der Waals surface area contributed by atoms with Crippen molar-refractivity contribution in [3.8, 4) is 6.07 Å². The molecule has 0 spiro atoms. The molecular formula is C25H26F3N5O2. The highest BCUT2D eigenvalue weighted by atomic mass is 19.4. The van der Waals surface area contributed by atoms with Gasteiger partial charge in [-0.3, -0.25) is 4.79 Å². The molecule has 1 N–H and O–H groups in total. The van der Waals surface area contributed by atoms with Crippen LogP contribution in [0.2, 0.25) is 0 Å². The van der Waals surface area contributed by atoms with Gasteiger partial charge in [0.25, 0.3) is 5.91 Å². The molecule has 7 nitrogen and oxygen atoms in total. The van der Waals surface area contributed by atoms with Crippen LogP contribution in [0.5, 0.6) is 0 Å². The second kappa shape index (κ2) is 8.56. The summed E-state index contributed by atoms with van der Waals surface area (Å²) in [4.78, 5) is 33.2. The van der Waals surface area contributed by atoms with E-state index in [2.05, 4.69) is 16.4 Å². The van der Waals surface area contributed by atoms with Crippen LogP contribution in [0.25, 0.3) is 0 Å². The highest BCUT2D eigenvalue weighted by molar-refractivity contribution is 6.22. The molecule has 0 unspecified atom stereocenters. The average molecular weight is 486 g/mol. The van der Waals surface area contributed by atoms with Crippen molar-refractivity contribution in [3.05, 3.63) is 53.7 Å². The van der Waals surface area contributed by atoms with Gasteiger partial charge in [0.2, 0.25) is 0 Å². The molecule has 1 atom stereocenters. The monoisotopic (exact) mass is 485 g/mol. The number of alkyl halides is 3. The number of imide groups is 1. The predicted molar refractivity (Wildman–Crippen MR) is 123 cm³/mol. The number of urea groups is 1. The summed E-state index contributed by atoms with van der Waals surface area (Å²) in [5.41, 5.74) is -1.87. The fourth-order valence-corrected chi connectivity index (χ4v) is 4.39. The first-order valence-electron chi connectivity index (χ1n) is 11.3. The van der Waals surface area contributed by atoms with Gasteiger partial charge >= 0.3 is 12.2 Å². The van der Waals surface area contributed by atoms with E-state index in [0.717, 1.165) is 10.5 Å². The molecule has 3 amide bonds. The van der Waals surface area contributed by atoms with E-state index in [1.54, 1.807) is 32.2 Å². The number of carbonyl (C=O) groups excluding carboxylic acids is 2. The number of carbonyl (C=O) groups is 2. The minimum Gasteiger partial charge on any atom is -0.367 e. The summed E-state index contributed by atoms with van der Waals surface area (Å²) in [5.74, 6) is 0.0920. The quantitative estimate of drug-likeness (QED) is 0.549. The Morgan fingerprint density at radius 1 is 1.17 bits per heavy atom. The Balaban J connectivity index is 1.55. The number of aromatic nitrogens is 1. The van der Waals surface area contributed by atoms with Crippen molar-refractivity contribution in [1.82, 2.24) is 9.88 Å². The predicted octanol–water partition coefficient (Wildman–Crippen LogP) is 5.14. The van der Waals surface area contributed by atoms with Crippen LogP contribution >= 0.6 is 0 Å². The molecule has 35 heavy (non-hydrogen) atoms. The molecule has 1 aromatic heterocycles. The van der Waals surface area contributed by atoms with Gasteiger partial charge in [-0.15, -0.1) is 0 Å². The zero-order valence-corrected chi connectivity index (χ0v) is 19.7. The van der Waals surface area contributed by atoms with Crippen LogP contribution in [0.4, 0.5) is 29.5 Å². The molecule has 184 valence electrons. The second-order valence-electron chi connectivity index (χ2n) is 9.65. The van der Waals surface area contributed by atoms with Gasteiger partial charge in [-0.2, -0.15) is 18.4 Å². The Morgan fingerprint density at radius 2 is 1.83 bits per heavy atom. The average Bonchev–Trinajstić information content (AvgIpc) is 3.58. The smallest absolute Gasteiger partial charge is 0.367 e. The number of rotatable bonds is 7. The molecule has 10 heteroatoms. The molecule has 1 saturated heterocycles. The van der Waals surface area contributed by atoms with Crippen molar-refractivity contribution in [2.45, 2.75) is 69.8 Å². The Kier molecular flexibility index (Phi) is 5.99. The molecule has 1 aromatic carbocycles. The van der Waals surface area contributed by atoms with Crippen molar-refractivity contribution < 1.29 is 22.8 Å². The Bertz CT molecular complexity index is 1180. The van der Waals surface area contributed by atoms with E-state index in [4.69, 9.17) is 5.26 Å². The van der Waals surface area contributed by atoms with Crippen molar-refractivity contribution >= 4 is 23.4 Å². The van der Waals surface area contributed by atoms with E-state index in [-0.39, 0.29) is 36.7 Å². The maximum atomic E-state index is 13.5. The van der Waals surface area contributed by atoms with Crippen molar-refractivity contribution in [2.24, 2.45) is 0 Å². The molecule has 1 aliphatic carbocycles. The first-order chi connectivity index (χ1) is 16.4. The third-order valence-corrected chi connectivity index (χ3v) is 6.75. The van der Waals surface area contributed by atoms with E-state index in [9.17, 15) is 22.8 Å². The molecule has 2 aliphatic rings. The van der Waals surface area contributed by atoms with Crippen LogP contribution in [-0.4, -0.2) is 39.6 Å². The van der Waals surface area contributed by atoms with Crippen molar-refractivity contribution in [2.75, 3.05) is 10.2 Å². The summed E-state index contributed by atoms with van der Waals surface area (Å²) in [6, 6.07) is 10.4. The SMILES string of the molecule is C[C@@H](CC#N)Nc1cc(CN2C(=O)N(c3ccc(C4(C(F)(F)F)CC4)cc3)C(=O)C2(C)C)ccn1. The summed E-state index contributed by atoms with van der Waals surface area (Å²) in [5, 5.41) is 12.0. The number of nitrogens with zero attached hydrogens (tertiary/aromatic N) is 4. The van der Waals surface area contributed by atoms with Gasteiger partial charge in [-0.1, -0.05) is 12.1 Å². The summed E-state index contributed by atoms with van der Waals surface area (Å²) >= 11 is 0. The van der Waals surface area contributed by atoms with E-state index in [1.807, 2.05) is 6.92 Å². The van der Waals surface area contributed by atoms with Crippen LogP contribution in [-0.2, 0) is 16.8 Å². The largest absolute Gasteiger partial charge is 0.398 e. The van der Waals surface area contributed by atoms with E-state index >= 15 is 0 Å². The fourth-order valence-electron chi connectivity index (χ4n) is 4.39. The van der Waals surface area contributed by atoms with E-state index in [0.29, 0.717) is 12.2 Å². The topological polar surface area (TPSA) is 89.3 Å². The first kappa shape index (κ1) is 24.5. The first-order valence-corrected chi connectivity index (χ1v) is 11.3. The normalized spacial score (nSPS) is 19.5. The van der Waals surface area contributed by atoms with E-state index < -0.39 is 29.1 Å². The third kappa shape index (κ3) is 4.31. The summed E-state index contributed by atoms with van der Waals surface area (Å²) in [6.07, 6.45) is -2.38. The number of benzene rings is 1. The number of pyridine rings is 1. The van der Waals surface area contributed by atoms with Crippen LogP contribution < -0.4 is 10.2 Å². The molecule has 0 bridgehead atoms. The number of amides is 3. The highest BCUT2D eigenvalue weighted by Crippen LogP contribution is 2.59. The molecule has 4 rings (SSSR count). The molecule has 0 radical (unpaired) electrons. The van der Waals surface area contributed by atoms with Crippen LogP contribution in [0.15, 0.2) is 42.6 Å². The molecule has 2 heterocycles.